The highest BCUT2D eigenvalue weighted by atomic mass is 16.4. The molecule has 2 N–H and O–H groups in total. The molecule has 4 nitrogen and oxygen atoms in total. The molecule has 0 amide bonds. The molecule has 0 aliphatic heterocycles. The number of aliphatic hydroxyl groups is 1. The Bertz CT molecular complexity index is 283. The number of hydrogen-bond acceptors (Lipinski definition) is 3. The minimum atomic E-state index is -0.775. The van der Waals surface area contributed by atoms with Crippen LogP contribution in [0.5, 0.6) is 0 Å². The fourth-order valence-corrected chi connectivity index (χ4v) is 1.92. The van der Waals surface area contributed by atoms with Gasteiger partial charge in [0.05, 0.1) is 6.10 Å². The minimum Gasteiger partial charge on any atom is -0.481 e. The summed E-state index contributed by atoms with van der Waals surface area (Å²) in [6, 6.07) is 0. The van der Waals surface area contributed by atoms with Crippen LogP contribution in [0.1, 0.15) is 38.5 Å². The second kappa shape index (κ2) is 6.43. The van der Waals surface area contributed by atoms with E-state index in [1.54, 1.807) is 0 Å². The number of carbonyl (C=O) groups excluding carboxylic acids is 1. The molecule has 2 unspecified atom stereocenters. The lowest BCUT2D eigenvalue weighted by Gasteiger charge is -2.02. The molecule has 1 aliphatic rings. The number of rotatable bonds is 6. The standard InChI is InChI=1S/C12H18O4/c13-10-7-9(11(14)8-10)5-3-1-2-4-6-12(15)16/h1,3,9-10,13H,2,4-8H2,(H,15,16)/b3-1+. The topological polar surface area (TPSA) is 74.6 Å². The van der Waals surface area contributed by atoms with Gasteiger partial charge in [-0.05, 0) is 25.7 Å². The van der Waals surface area contributed by atoms with Gasteiger partial charge in [-0.2, -0.15) is 0 Å². The third-order valence-electron chi connectivity index (χ3n) is 2.80. The molecule has 2 atom stereocenters. The van der Waals surface area contributed by atoms with Crippen LogP contribution < -0.4 is 0 Å². The van der Waals surface area contributed by atoms with Crippen molar-refractivity contribution in [2.24, 2.45) is 5.92 Å². The van der Waals surface area contributed by atoms with E-state index >= 15 is 0 Å². The second-order valence-corrected chi connectivity index (χ2v) is 4.25. The Morgan fingerprint density at radius 1 is 1.44 bits per heavy atom. The Morgan fingerprint density at radius 3 is 2.75 bits per heavy atom. The maximum absolute atomic E-state index is 11.3. The average Bonchev–Trinajstić information content (AvgIpc) is 2.50. The van der Waals surface area contributed by atoms with E-state index in [1.807, 2.05) is 12.2 Å². The van der Waals surface area contributed by atoms with Crippen LogP contribution in [0.15, 0.2) is 12.2 Å². The first-order chi connectivity index (χ1) is 7.59. The molecule has 0 aromatic rings. The summed E-state index contributed by atoms with van der Waals surface area (Å²) in [7, 11) is 0. The molecule has 0 aromatic heterocycles. The fourth-order valence-electron chi connectivity index (χ4n) is 1.92. The van der Waals surface area contributed by atoms with Gasteiger partial charge in [0.25, 0.3) is 0 Å². The molecule has 1 fully saturated rings. The molecule has 0 bridgehead atoms. The number of unbranched alkanes of at least 4 members (excludes halogenated alkanes) is 1. The predicted octanol–water partition coefficient (Wildman–Crippen LogP) is 1.53. The van der Waals surface area contributed by atoms with E-state index in [-0.39, 0.29) is 24.5 Å². The first-order valence-electron chi connectivity index (χ1n) is 5.67. The van der Waals surface area contributed by atoms with Crippen LogP contribution in [-0.2, 0) is 9.59 Å². The summed E-state index contributed by atoms with van der Waals surface area (Å²) in [6.07, 6.45) is 6.45. The Hall–Kier alpha value is -1.16. The molecule has 4 heteroatoms. The van der Waals surface area contributed by atoms with Crippen LogP contribution in [0.3, 0.4) is 0 Å². The summed E-state index contributed by atoms with van der Waals surface area (Å²) in [4.78, 5) is 21.5. The molecule has 0 saturated heterocycles. The van der Waals surface area contributed by atoms with Crippen LogP contribution >= 0.6 is 0 Å². The van der Waals surface area contributed by atoms with Gasteiger partial charge in [0.15, 0.2) is 0 Å². The maximum atomic E-state index is 11.3. The molecule has 1 saturated carbocycles. The van der Waals surface area contributed by atoms with Crippen LogP contribution in [-0.4, -0.2) is 28.1 Å². The number of allylic oxidation sites excluding steroid dienone is 2. The lowest BCUT2D eigenvalue weighted by Crippen LogP contribution is -2.04. The van der Waals surface area contributed by atoms with Gasteiger partial charge in [-0.3, -0.25) is 9.59 Å². The zero-order chi connectivity index (χ0) is 12.0. The Labute approximate surface area is 95.0 Å². The van der Waals surface area contributed by atoms with Crippen molar-refractivity contribution in [1.29, 1.82) is 0 Å². The summed E-state index contributed by atoms with van der Waals surface area (Å²) < 4.78 is 0. The summed E-state index contributed by atoms with van der Waals surface area (Å²) >= 11 is 0. The quantitative estimate of drug-likeness (QED) is 0.532. The van der Waals surface area contributed by atoms with Crippen LogP contribution in [0.25, 0.3) is 0 Å². The number of aliphatic hydroxyl groups excluding tert-OH is 1. The van der Waals surface area contributed by atoms with E-state index in [1.165, 1.54) is 0 Å². The van der Waals surface area contributed by atoms with Crippen LogP contribution in [0, 0.1) is 5.92 Å². The second-order valence-electron chi connectivity index (χ2n) is 4.25. The van der Waals surface area contributed by atoms with Crippen molar-refractivity contribution >= 4 is 11.8 Å². The monoisotopic (exact) mass is 226 g/mol. The van der Waals surface area contributed by atoms with E-state index in [2.05, 4.69) is 0 Å². The van der Waals surface area contributed by atoms with Gasteiger partial charge >= 0.3 is 5.97 Å². The van der Waals surface area contributed by atoms with E-state index in [0.29, 0.717) is 19.3 Å². The average molecular weight is 226 g/mol. The van der Waals surface area contributed by atoms with Gasteiger partial charge in [-0.15, -0.1) is 0 Å². The molecule has 16 heavy (non-hydrogen) atoms. The maximum Gasteiger partial charge on any atom is 0.303 e. The normalized spacial score (nSPS) is 25.4. The summed E-state index contributed by atoms with van der Waals surface area (Å²) in [5.74, 6) is -0.670. The van der Waals surface area contributed by atoms with Gasteiger partial charge in [-0.1, -0.05) is 12.2 Å². The number of hydrogen-bond donors (Lipinski definition) is 2. The van der Waals surface area contributed by atoms with Crippen molar-refractivity contribution in [3.8, 4) is 0 Å². The first kappa shape index (κ1) is 12.9. The highest BCUT2D eigenvalue weighted by Gasteiger charge is 2.29. The molecule has 90 valence electrons. The predicted molar refractivity (Wildman–Crippen MR) is 59.0 cm³/mol. The fraction of sp³-hybridized carbons (Fsp3) is 0.667. The zero-order valence-electron chi connectivity index (χ0n) is 9.26. The molecular formula is C12H18O4. The summed E-state index contributed by atoms with van der Waals surface area (Å²) in [6.45, 7) is 0. The van der Waals surface area contributed by atoms with Crippen molar-refractivity contribution in [1.82, 2.24) is 0 Å². The molecule has 0 spiro atoms. The van der Waals surface area contributed by atoms with Gasteiger partial charge in [0.1, 0.15) is 5.78 Å². The highest BCUT2D eigenvalue weighted by Crippen LogP contribution is 2.25. The van der Waals surface area contributed by atoms with Crippen LogP contribution in [0.2, 0.25) is 0 Å². The lowest BCUT2D eigenvalue weighted by atomic mass is 10.0. The van der Waals surface area contributed by atoms with E-state index in [0.717, 1.165) is 6.42 Å². The van der Waals surface area contributed by atoms with E-state index in [4.69, 9.17) is 5.11 Å². The van der Waals surface area contributed by atoms with Gasteiger partial charge in [0, 0.05) is 18.8 Å². The molecular weight excluding hydrogens is 208 g/mol. The first-order valence-corrected chi connectivity index (χ1v) is 5.67. The van der Waals surface area contributed by atoms with Crippen molar-refractivity contribution in [3.05, 3.63) is 12.2 Å². The van der Waals surface area contributed by atoms with Crippen molar-refractivity contribution in [3.63, 3.8) is 0 Å². The number of Topliss-reactive ketones (excluding diaryl/α,β-unsaturated/α-hetero) is 1. The molecule has 0 heterocycles. The lowest BCUT2D eigenvalue weighted by molar-refractivity contribution is -0.137. The van der Waals surface area contributed by atoms with E-state index in [9.17, 15) is 14.7 Å². The largest absolute Gasteiger partial charge is 0.481 e. The minimum absolute atomic E-state index is 0.0364. The van der Waals surface area contributed by atoms with Gasteiger partial charge in [0.2, 0.25) is 0 Å². The summed E-state index contributed by atoms with van der Waals surface area (Å²) in [5, 5.41) is 17.7. The number of ketones is 1. The Balaban J connectivity index is 2.12. The SMILES string of the molecule is O=C(O)CCC/C=C/CC1CC(O)CC1=O. The Morgan fingerprint density at radius 2 is 2.19 bits per heavy atom. The van der Waals surface area contributed by atoms with Crippen molar-refractivity contribution in [2.45, 2.75) is 44.6 Å². The van der Waals surface area contributed by atoms with Gasteiger partial charge < -0.3 is 10.2 Å². The number of carboxylic acids is 1. The third-order valence-corrected chi connectivity index (χ3v) is 2.80. The molecule has 1 rings (SSSR count). The van der Waals surface area contributed by atoms with Crippen molar-refractivity contribution < 1.29 is 19.8 Å². The molecule has 0 aromatic carbocycles. The number of aliphatic carboxylic acids is 1. The molecule has 1 aliphatic carbocycles. The van der Waals surface area contributed by atoms with Crippen molar-refractivity contribution in [2.75, 3.05) is 0 Å². The summed E-state index contributed by atoms with van der Waals surface area (Å²) in [5.41, 5.74) is 0. The number of carboxylic acid groups (broad SMARTS) is 1. The van der Waals surface area contributed by atoms with E-state index < -0.39 is 12.1 Å². The highest BCUT2D eigenvalue weighted by molar-refractivity contribution is 5.83. The number of carbonyl (C=O) groups is 2. The third kappa shape index (κ3) is 4.57. The Kier molecular flexibility index (Phi) is 5.19. The molecule has 0 radical (unpaired) electrons. The smallest absolute Gasteiger partial charge is 0.303 e. The van der Waals surface area contributed by atoms with Crippen LogP contribution in [0.4, 0.5) is 0 Å². The van der Waals surface area contributed by atoms with Gasteiger partial charge in [-0.25, -0.2) is 0 Å². The zero-order valence-corrected chi connectivity index (χ0v) is 9.26.